The molecule has 1 aliphatic rings. The molecule has 1 heterocycles. The van der Waals surface area contributed by atoms with Crippen molar-refractivity contribution in [3.63, 3.8) is 0 Å². The first kappa shape index (κ1) is 17.2. The second-order valence-electron chi connectivity index (χ2n) is 7.03. The molecule has 0 bridgehead atoms. The van der Waals surface area contributed by atoms with Gasteiger partial charge in [0.05, 0.1) is 23.5 Å². The number of amides is 1. The SMILES string of the molecule is Cc1cc(C)n(-c2ccc([C@@H](C)NC(=O)C3(C#N)CCCC3)cc2)n1. The van der Waals surface area contributed by atoms with Crippen molar-refractivity contribution in [2.24, 2.45) is 5.41 Å². The van der Waals surface area contributed by atoms with Crippen LogP contribution in [0.25, 0.3) is 5.69 Å². The largest absolute Gasteiger partial charge is 0.348 e. The fraction of sp³-hybridized carbons (Fsp3) is 0.450. The monoisotopic (exact) mass is 336 g/mol. The molecule has 1 saturated carbocycles. The highest BCUT2D eigenvalue weighted by atomic mass is 16.2. The molecule has 1 N–H and O–H groups in total. The highest BCUT2D eigenvalue weighted by Crippen LogP contribution is 2.38. The minimum atomic E-state index is -0.835. The molecule has 5 nitrogen and oxygen atoms in total. The van der Waals surface area contributed by atoms with Crippen LogP contribution in [0.4, 0.5) is 0 Å². The van der Waals surface area contributed by atoms with Crippen LogP contribution in [0.3, 0.4) is 0 Å². The Labute approximate surface area is 148 Å². The summed E-state index contributed by atoms with van der Waals surface area (Å²) in [5.74, 6) is -0.136. The minimum Gasteiger partial charge on any atom is -0.348 e. The van der Waals surface area contributed by atoms with Crippen LogP contribution in [0.5, 0.6) is 0 Å². The summed E-state index contributed by atoms with van der Waals surface area (Å²) >= 11 is 0. The Kier molecular flexibility index (Phi) is 4.63. The van der Waals surface area contributed by atoms with Crippen LogP contribution in [0.2, 0.25) is 0 Å². The zero-order chi connectivity index (χ0) is 18.0. The Morgan fingerprint density at radius 1 is 1.28 bits per heavy atom. The van der Waals surface area contributed by atoms with Crippen LogP contribution in [-0.2, 0) is 4.79 Å². The lowest BCUT2D eigenvalue weighted by atomic mass is 9.86. The maximum atomic E-state index is 12.6. The Morgan fingerprint density at radius 2 is 1.92 bits per heavy atom. The standard InChI is InChI=1S/C20H24N4O/c1-14-12-15(2)24(23-14)18-8-6-17(7-9-18)16(3)22-19(25)20(13-21)10-4-5-11-20/h6-9,12,16H,4-5,10-11H2,1-3H3,(H,22,25)/t16-/m1/s1. The molecule has 5 heteroatoms. The van der Waals surface area contributed by atoms with Crippen molar-refractivity contribution in [3.8, 4) is 11.8 Å². The number of aryl methyl sites for hydroxylation is 2. The molecule has 1 amide bonds. The predicted molar refractivity (Wildman–Crippen MR) is 96.1 cm³/mol. The first-order chi connectivity index (χ1) is 11.9. The molecule has 0 aliphatic heterocycles. The predicted octanol–water partition coefficient (Wildman–Crippen LogP) is 3.75. The van der Waals surface area contributed by atoms with E-state index in [0.717, 1.165) is 35.5 Å². The van der Waals surface area contributed by atoms with E-state index in [1.807, 2.05) is 55.8 Å². The normalized spacial score (nSPS) is 17.0. The third-order valence-corrected chi connectivity index (χ3v) is 5.10. The van der Waals surface area contributed by atoms with E-state index in [-0.39, 0.29) is 11.9 Å². The maximum Gasteiger partial charge on any atom is 0.240 e. The Bertz CT molecular complexity index is 807. The fourth-order valence-corrected chi connectivity index (χ4v) is 3.58. The molecule has 1 aromatic carbocycles. The van der Waals surface area contributed by atoms with Crippen molar-refractivity contribution in [1.29, 1.82) is 5.26 Å². The summed E-state index contributed by atoms with van der Waals surface area (Å²) in [7, 11) is 0. The quantitative estimate of drug-likeness (QED) is 0.924. The van der Waals surface area contributed by atoms with Gasteiger partial charge in [-0.2, -0.15) is 10.4 Å². The number of hydrogen-bond acceptors (Lipinski definition) is 3. The van der Waals surface area contributed by atoms with Crippen LogP contribution < -0.4 is 5.32 Å². The average molecular weight is 336 g/mol. The van der Waals surface area contributed by atoms with Gasteiger partial charge < -0.3 is 5.32 Å². The van der Waals surface area contributed by atoms with E-state index in [1.165, 1.54) is 0 Å². The molecule has 3 rings (SSSR count). The molecule has 2 aromatic rings. The number of rotatable bonds is 4. The van der Waals surface area contributed by atoms with E-state index in [1.54, 1.807) is 0 Å². The molecule has 1 aliphatic carbocycles. The molecular formula is C20H24N4O. The number of nitriles is 1. The van der Waals surface area contributed by atoms with Gasteiger partial charge in [0.2, 0.25) is 5.91 Å². The lowest BCUT2D eigenvalue weighted by Crippen LogP contribution is -2.39. The van der Waals surface area contributed by atoms with Gasteiger partial charge in [-0.25, -0.2) is 4.68 Å². The van der Waals surface area contributed by atoms with E-state index in [9.17, 15) is 10.1 Å². The van der Waals surface area contributed by atoms with Crippen LogP contribution in [-0.4, -0.2) is 15.7 Å². The number of nitrogens with one attached hydrogen (secondary N) is 1. The van der Waals surface area contributed by atoms with Crippen molar-refractivity contribution in [3.05, 3.63) is 47.3 Å². The van der Waals surface area contributed by atoms with Gasteiger partial charge in [-0.05, 0) is 57.4 Å². The summed E-state index contributed by atoms with van der Waals surface area (Å²) in [5, 5.41) is 16.9. The van der Waals surface area contributed by atoms with E-state index >= 15 is 0 Å². The van der Waals surface area contributed by atoms with Crippen molar-refractivity contribution in [2.45, 2.75) is 52.5 Å². The van der Waals surface area contributed by atoms with Gasteiger partial charge in [-0.15, -0.1) is 0 Å². The third-order valence-electron chi connectivity index (χ3n) is 5.10. The van der Waals surface area contributed by atoms with Crippen molar-refractivity contribution in [2.75, 3.05) is 0 Å². The zero-order valence-electron chi connectivity index (χ0n) is 15.0. The molecule has 1 atom stereocenters. The van der Waals surface area contributed by atoms with Gasteiger partial charge in [-0.3, -0.25) is 4.79 Å². The van der Waals surface area contributed by atoms with Crippen molar-refractivity contribution < 1.29 is 4.79 Å². The summed E-state index contributed by atoms with van der Waals surface area (Å²) in [5.41, 5.74) is 3.25. The van der Waals surface area contributed by atoms with Crippen LogP contribution in [0.15, 0.2) is 30.3 Å². The molecule has 1 aromatic heterocycles. The Hall–Kier alpha value is -2.61. The fourth-order valence-electron chi connectivity index (χ4n) is 3.58. The Morgan fingerprint density at radius 3 is 2.44 bits per heavy atom. The van der Waals surface area contributed by atoms with Crippen molar-refractivity contribution >= 4 is 5.91 Å². The minimum absolute atomic E-state index is 0.132. The number of nitrogens with zero attached hydrogens (tertiary/aromatic N) is 3. The lowest BCUT2D eigenvalue weighted by molar-refractivity contribution is -0.128. The molecular weight excluding hydrogens is 312 g/mol. The first-order valence-corrected chi connectivity index (χ1v) is 8.81. The number of aromatic nitrogens is 2. The third kappa shape index (κ3) is 3.30. The topological polar surface area (TPSA) is 70.7 Å². The number of hydrogen-bond donors (Lipinski definition) is 1. The van der Waals surface area contributed by atoms with Crippen molar-refractivity contribution in [1.82, 2.24) is 15.1 Å². The van der Waals surface area contributed by atoms with E-state index in [4.69, 9.17) is 0 Å². The molecule has 0 radical (unpaired) electrons. The second-order valence-corrected chi connectivity index (χ2v) is 7.03. The maximum absolute atomic E-state index is 12.6. The molecule has 1 fully saturated rings. The summed E-state index contributed by atoms with van der Waals surface area (Å²) in [6.07, 6.45) is 3.23. The molecule has 0 unspecified atom stereocenters. The summed E-state index contributed by atoms with van der Waals surface area (Å²) in [6.45, 7) is 5.96. The molecule has 130 valence electrons. The highest BCUT2D eigenvalue weighted by molar-refractivity contribution is 5.86. The van der Waals surface area contributed by atoms with Gasteiger partial charge in [0.25, 0.3) is 0 Å². The molecule has 25 heavy (non-hydrogen) atoms. The van der Waals surface area contributed by atoms with E-state index < -0.39 is 5.41 Å². The van der Waals surface area contributed by atoms with E-state index in [2.05, 4.69) is 16.5 Å². The lowest BCUT2D eigenvalue weighted by Gasteiger charge is -2.23. The van der Waals surface area contributed by atoms with Gasteiger partial charge in [-0.1, -0.05) is 25.0 Å². The number of carbonyl (C=O) groups is 1. The molecule has 0 saturated heterocycles. The van der Waals surface area contributed by atoms with E-state index in [0.29, 0.717) is 12.8 Å². The zero-order valence-corrected chi connectivity index (χ0v) is 15.0. The van der Waals surface area contributed by atoms with Crippen LogP contribution in [0, 0.1) is 30.6 Å². The van der Waals surface area contributed by atoms with Gasteiger partial charge >= 0.3 is 0 Å². The smallest absolute Gasteiger partial charge is 0.240 e. The second kappa shape index (κ2) is 6.72. The average Bonchev–Trinajstić information content (AvgIpc) is 3.22. The first-order valence-electron chi connectivity index (χ1n) is 8.81. The summed E-state index contributed by atoms with van der Waals surface area (Å²) in [6, 6.07) is 12.2. The number of benzene rings is 1. The number of carbonyl (C=O) groups excluding carboxylic acids is 1. The summed E-state index contributed by atoms with van der Waals surface area (Å²) in [4.78, 5) is 12.6. The Balaban J connectivity index is 1.73. The van der Waals surface area contributed by atoms with Gasteiger partial charge in [0.1, 0.15) is 5.41 Å². The van der Waals surface area contributed by atoms with Gasteiger partial charge in [0.15, 0.2) is 0 Å². The van der Waals surface area contributed by atoms with Crippen LogP contribution >= 0.6 is 0 Å². The van der Waals surface area contributed by atoms with Crippen LogP contribution in [0.1, 0.15) is 55.6 Å². The molecule has 0 spiro atoms. The van der Waals surface area contributed by atoms with Gasteiger partial charge in [0, 0.05) is 5.69 Å². The highest BCUT2D eigenvalue weighted by Gasteiger charge is 2.41. The summed E-state index contributed by atoms with van der Waals surface area (Å²) < 4.78 is 1.91.